The zero-order valence-electron chi connectivity index (χ0n) is 28.9. The standard InChI is InChI=1S/C49H38N2/c1-49(2)45-19-8-5-15-41(45)44-32-38(30-31-46(44)49)50(35-24-22-34(23-25-35)40-18-11-13-33-12-3-4-14-39(33)40)36-26-28-37(29-27-36)51-47-20-9-6-16-42(47)43-17-7-10-21-48(43)51/h3-32,42,47H,1-2H3. The number of rotatable bonds is 5. The van der Waals surface area contributed by atoms with Crippen LogP contribution in [0.3, 0.4) is 0 Å². The SMILES string of the molecule is CC1(C)c2ccccc2-c2cc(N(c3ccc(-c4cccc5ccccc45)cc3)c3ccc(N4c5ccccc5C5C=CC=CC54)cc3)ccc21. The highest BCUT2D eigenvalue weighted by Gasteiger charge is 2.38. The van der Waals surface area contributed by atoms with E-state index in [0.717, 1.165) is 17.1 Å². The van der Waals surface area contributed by atoms with Crippen LogP contribution in [0.15, 0.2) is 182 Å². The molecule has 0 aromatic heterocycles. The number of anilines is 5. The largest absolute Gasteiger partial charge is 0.333 e. The van der Waals surface area contributed by atoms with Crippen molar-refractivity contribution in [2.24, 2.45) is 0 Å². The third-order valence-electron chi connectivity index (χ3n) is 11.4. The van der Waals surface area contributed by atoms with Gasteiger partial charge < -0.3 is 9.80 Å². The third-order valence-corrected chi connectivity index (χ3v) is 11.4. The smallest absolute Gasteiger partial charge is 0.0629 e. The van der Waals surface area contributed by atoms with E-state index in [1.165, 1.54) is 61.1 Å². The molecule has 1 aliphatic heterocycles. The minimum absolute atomic E-state index is 0.0380. The van der Waals surface area contributed by atoms with Gasteiger partial charge in [0.1, 0.15) is 0 Å². The van der Waals surface area contributed by atoms with E-state index < -0.39 is 0 Å². The van der Waals surface area contributed by atoms with Crippen LogP contribution in [-0.2, 0) is 5.41 Å². The van der Waals surface area contributed by atoms with Crippen LogP contribution in [-0.4, -0.2) is 6.04 Å². The van der Waals surface area contributed by atoms with Gasteiger partial charge in [-0.25, -0.2) is 0 Å². The molecule has 7 aromatic rings. The van der Waals surface area contributed by atoms with E-state index >= 15 is 0 Å². The van der Waals surface area contributed by atoms with Crippen molar-refractivity contribution in [3.8, 4) is 22.3 Å². The van der Waals surface area contributed by atoms with Crippen molar-refractivity contribution in [2.75, 3.05) is 9.80 Å². The Bertz CT molecular complexity index is 2510. The molecule has 10 rings (SSSR count). The predicted molar refractivity (Wildman–Crippen MR) is 215 cm³/mol. The van der Waals surface area contributed by atoms with Crippen molar-refractivity contribution < 1.29 is 0 Å². The van der Waals surface area contributed by atoms with Gasteiger partial charge in [0.15, 0.2) is 0 Å². The molecule has 2 nitrogen and oxygen atoms in total. The lowest BCUT2D eigenvalue weighted by atomic mass is 9.82. The monoisotopic (exact) mass is 654 g/mol. The Kier molecular flexibility index (Phi) is 6.69. The molecule has 244 valence electrons. The van der Waals surface area contributed by atoms with Crippen molar-refractivity contribution in [1.29, 1.82) is 0 Å². The Balaban J connectivity index is 1.09. The van der Waals surface area contributed by atoms with E-state index in [4.69, 9.17) is 0 Å². The van der Waals surface area contributed by atoms with Gasteiger partial charge in [0.05, 0.1) is 6.04 Å². The van der Waals surface area contributed by atoms with Crippen LogP contribution in [0.25, 0.3) is 33.0 Å². The fourth-order valence-corrected chi connectivity index (χ4v) is 8.91. The Hall–Kier alpha value is -6.12. The topological polar surface area (TPSA) is 6.48 Å². The van der Waals surface area contributed by atoms with Gasteiger partial charge >= 0.3 is 0 Å². The number of para-hydroxylation sites is 1. The number of fused-ring (bicyclic) bond motifs is 7. The number of allylic oxidation sites excluding steroid dienone is 2. The number of benzene rings is 7. The molecule has 7 aromatic carbocycles. The molecule has 2 aliphatic carbocycles. The van der Waals surface area contributed by atoms with E-state index in [1.54, 1.807) is 0 Å². The summed E-state index contributed by atoms with van der Waals surface area (Å²) in [4.78, 5) is 4.91. The van der Waals surface area contributed by atoms with E-state index in [-0.39, 0.29) is 11.5 Å². The highest BCUT2D eigenvalue weighted by atomic mass is 15.2. The lowest BCUT2D eigenvalue weighted by Gasteiger charge is -2.30. The van der Waals surface area contributed by atoms with Crippen LogP contribution in [0.2, 0.25) is 0 Å². The van der Waals surface area contributed by atoms with Crippen LogP contribution in [0.1, 0.15) is 36.5 Å². The molecule has 0 bridgehead atoms. The van der Waals surface area contributed by atoms with Gasteiger partial charge in [-0.15, -0.1) is 0 Å². The summed E-state index contributed by atoms with van der Waals surface area (Å²) in [6.07, 6.45) is 9.05. The summed E-state index contributed by atoms with van der Waals surface area (Å²) < 4.78 is 0. The lowest BCUT2D eigenvalue weighted by Crippen LogP contribution is -2.28. The van der Waals surface area contributed by atoms with Crippen molar-refractivity contribution in [1.82, 2.24) is 0 Å². The molecule has 2 unspecified atom stereocenters. The normalized spacial score (nSPS) is 17.6. The van der Waals surface area contributed by atoms with Gasteiger partial charge in [-0.1, -0.05) is 141 Å². The van der Waals surface area contributed by atoms with Crippen LogP contribution in [0.5, 0.6) is 0 Å². The van der Waals surface area contributed by atoms with Gasteiger partial charge in [0.2, 0.25) is 0 Å². The average Bonchev–Trinajstić information content (AvgIpc) is 3.64. The first kappa shape index (κ1) is 29.8. The molecule has 0 saturated carbocycles. The fourth-order valence-electron chi connectivity index (χ4n) is 8.91. The van der Waals surface area contributed by atoms with E-state index in [2.05, 4.69) is 206 Å². The molecule has 2 heteroatoms. The number of hydrogen-bond acceptors (Lipinski definition) is 2. The minimum atomic E-state index is -0.0380. The summed E-state index contributed by atoms with van der Waals surface area (Å²) in [6.45, 7) is 4.69. The van der Waals surface area contributed by atoms with Crippen LogP contribution in [0, 0.1) is 0 Å². The fraction of sp³-hybridized carbons (Fsp3) is 0.102. The summed E-state index contributed by atoms with van der Waals surface area (Å²) >= 11 is 0. The summed E-state index contributed by atoms with van der Waals surface area (Å²) in [6, 6.07) is 58.6. The first-order chi connectivity index (χ1) is 25.1. The molecule has 0 saturated heterocycles. The van der Waals surface area contributed by atoms with Crippen LogP contribution < -0.4 is 9.80 Å². The van der Waals surface area contributed by atoms with Crippen molar-refractivity contribution >= 4 is 39.2 Å². The molecule has 1 heterocycles. The van der Waals surface area contributed by atoms with E-state index in [1.807, 2.05) is 0 Å². The van der Waals surface area contributed by atoms with E-state index in [0.29, 0.717) is 5.92 Å². The van der Waals surface area contributed by atoms with Crippen LogP contribution in [0.4, 0.5) is 28.4 Å². The molecule has 0 N–H and O–H groups in total. The average molecular weight is 655 g/mol. The van der Waals surface area contributed by atoms with Gasteiger partial charge in [-0.3, -0.25) is 0 Å². The van der Waals surface area contributed by atoms with Crippen molar-refractivity contribution in [3.05, 3.63) is 199 Å². The van der Waals surface area contributed by atoms with Crippen LogP contribution >= 0.6 is 0 Å². The maximum absolute atomic E-state index is 2.50. The van der Waals surface area contributed by atoms with Crippen molar-refractivity contribution in [2.45, 2.75) is 31.2 Å². The highest BCUT2D eigenvalue weighted by Crippen LogP contribution is 2.51. The molecular weight excluding hydrogens is 617 g/mol. The zero-order chi connectivity index (χ0) is 34.1. The quantitative estimate of drug-likeness (QED) is 0.182. The summed E-state index contributed by atoms with van der Waals surface area (Å²) in [5.74, 6) is 0.362. The third kappa shape index (κ3) is 4.63. The number of hydrogen-bond donors (Lipinski definition) is 0. The predicted octanol–water partition coefficient (Wildman–Crippen LogP) is 13.0. The molecule has 0 amide bonds. The summed E-state index contributed by atoms with van der Waals surface area (Å²) in [7, 11) is 0. The zero-order valence-corrected chi connectivity index (χ0v) is 28.9. The molecular formula is C49H38N2. The molecule has 0 fully saturated rings. The summed E-state index contributed by atoms with van der Waals surface area (Å²) in [5.41, 5.74) is 15.1. The maximum Gasteiger partial charge on any atom is 0.0629 e. The Morgan fingerprint density at radius 3 is 2.04 bits per heavy atom. The second kappa shape index (κ2) is 11.5. The Labute approximate surface area is 300 Å². The molecule has 3 aliphatic rings. The minimum Gasteiger partial charge on any atom is -0.333 e. The lowest BCUT2D eigenvalue weighted by molar-refractivity contribution is 0.660. The highest BCUT2D eigenvalue weighted by molar-refractivity contribution is 5.97. The Morgan fingerprint density at radius 1 is 0.529 bits per heavy atom. The molecule has 0 spiro atoms. The summed E-state index contributed by atoms with van der Waals surface area (Å²) in [5, 5.41) is 2.53. The van der Waals surface area contributed by atoms with Gasteiger partial charge in [0, 0.05) is 39.8 Å². The van der Waals surface area contributed by atoms with Gasteiger partial charge in [-0.2, -0.15) is 0 Å². The molecule has 2 atom stereocenters. The van der Waals surface area contributed by atoms with Gasteiger partial charge in [0.25, 0.3) is 0 Å². The molecule has 51 heavy (non-hydrogen) atoms. The second-order valence-corrected chi connectivity index (χ2v) is 14.5. The number of nitrogens with zero attached hydrogens (tertiary/aromatic N) is 2. The molecule has 0 radical (unpaired) electrons. The first-order valence-corrected chi connectivity index (χ1v) is 18.0. The second-order valence-electron chi connectivity index (χ2n) is 14.5. The first-order valence-electron chi connectivity index (χ1n) is 18.0. The Morgan fingerprint density at radius 2 is 1.18 bits per heavy atom. The maximum atomic E-state index is 2.50. The van der Waals surface area contributed by atoms with E-state index in [9.17, 15) is 0 Å². The van der Waals surface area contributed by atoms with Crippen molar-refractivity contribution in [3.63, 3.8) is 0 Å². The van der Waals surface area contributed by atoms with Gasteiger partial charge in [-0.05, 0) is 104 Å².